The fourth-order valence-electron chi connectivity index (χ4n) is 1.86. The summed E-state index contributed by atoms with van der Waals surface area (Å²) in [5.74, 6) is -1.21. The summed E-state index contributed by atoms with van der Waals surface area (Å²) >= 11 is 0. The Hall–Kier alpha value is -2.36. The summed E-state index contributed by atoms with van der Waals surface area (Å²) in [6.45, 7) is 0.562. The van der Waals surface area contributed by atoms with Crippen molar-refractivity contribution >= 4 is 11.7 Å². The maximum atomic E-state index is 12.8. The number of nitrogens with zero attached hydrogens (tertiary/aromatic N) is 1. The van der Waals surface area contributed by atoms with Gasteiger partial charge in [-0.1, -0.05) is 12.1 Å². The van der Waals surface area contributed by atoms with Crippen LogP contribution in [0.5, 0.6) is 0 Å². The minimum Gasteiger partial charge on any atom is -0.478 e. The van der Waals surface area contributed by atoms with Gasteiger partial charge in [0.25, 0.3) is 0 Å². The summed E-state index contributed by atoms with van der Waals surface area (Å²) in [5, 5.41) is 8.94. The van der Waals surface area contributed by atoms with Gasteiger partial charge in [0.1, 0.15) is 5.82 Å². The molecule has 0 aliphatic carbocycles. The largest absolute Gasteiger partial charge is 0.478 e. The van der Waals surface area contributed by atoms with E-state index in [-0.39, 0.29) is 11.4 Å². The minimum atomic E-state index is -0.939. The molecule has 2 aromatic carbocycles. The molecule has 0 heterocycles. The van der Waals surface area contributed by atoms with Crippen LogP contribution in [-0.4, -0.2) is 18.1 Å². The molecule has 0 saturated carbocycles. The van der Waals surface area contributed by atoms with E-state index in [0.717, 1.165) is 11.3 Å². The zero-order chi connectivity index (χ0) is 13.8. The molecule has 0 saturated heterocycles. The quantitative estimate of drug-likeness (QED) is 0.916. The summed E-state index contributed by atoms with van der Waals surface area (Å²) < 4.78 is 12.8. The lowest BCUT2D eigenvalue weighted by Gasteiger charge is -2.19. The van der Waals surface area contributed by atoms with Crippen LogP contribution in [0.3, 0.4) is 0 Å². The Labute approximate surface area is 110 Å². The lowest BCUT2D eigenvalue weighted by Crippen LogP contribution is -2.16. The van der Waals surface area contributed by atoms with Crippen molar-refractivity contribution in [3.8, 4) is 0 Å². The normalized spacial score (nSPS) is 10.2. The van der Waals surface area contributed by atoms with Crippen LogP contribution in [0.15, 0.2) is 48.5 Å². The van der Waals surface area contributed by atoms with Gasteiger partial charge in [-0.05, 0) is 42.0 Å². The molecule has 0 aliphatic rings. The first-order valence-electron chi connectivity index (χ1n) is 5.85. The number of hydrogen-bond acceptors (Lipinski definition) is 2. The zero-order valence-corrected chi connectivity index (χ0v) is 10.5. The van der Waals surface area contributed by atoms with Gasteiger partial charge < -0.3 is 10.0 Å². The third-order valence-corrected chi connectivity index (χ3v) is 2.86. The smallest absolute Gasteiger partial charge is 0.335 e. The highest BCUT2D eigenvalue weighted by molar-refractivity contribution is 5.87. The number of carboxylic acid groups (broad SMARTS) is 1. The van der Waals surface area contributed by atoms with E-state index in [0.29, 0.717) is 6.54 Å². The van der Waals surface area contributed by atoms with E-state index >= 15 is 0 Å². The number of aromatic carboxylic acids is 1. The van der Waals surface area contributed by atoms with Gasteiger partial charge in [-0.15, -0.1) is 0 Å². The van der Waals surface area contributed by atoms with Crippen LogP contribution in [0.4, 0.5) is 10.1 Å². The number of carboxylic acids is 1. The highest BCUT2D eigenvalue weighted by atomic mass is 19.1. The van der Waals surface area contributed by atoms with Gasteiger partial charge in [-0.2, -0.15) is 0 Å². The van der Waals surface area contributed by atoms with Gasteiger partial charge in [-0.25, -0.2) is 9.18 Å². The monoisotopic (exact) mass is 259 g/mol. The third-order valence-electron chi connectivity index (χ3n) is 2.86. The number of halogens is 1. The zero-order valence-electron chi connectivity index (χ0n) is 10.5. The van der Waals surface area contributed by atoms with Crippen molar-refractivity contribution in [1.82, 2.24) is 0 Å². The Balaban J connectivity index is 2.14. The number of hydrogen-bond donors (Lipinski definition) is 1. The summed E-state index contributed by atoms with van der Waals surface area (Å²) in [6, 6.07) is 13.0. The molecule has 0 aliphatic heterocycles. The van der Waals surface area contributed by atoms with Crippen molar-refractivity contribution in [3.63, 3.8) is 0 Å². The fraction of sp³-hybridized carbons (Fsp3) is 0.133. The number of carbonyl (C=O) groups is 1. The number of rotatable bonds is 4. The maximum Gasteiger partial charge on any atom is 0.335 e. The molecule has 0 bridgehead atoms. The average molecular weight is 259 g/mol. The molecule has 1 N–H and O–H groups in total. The molecular weight excluding hydrogens is 245 g/mol. The van der Waals surface area contributed by atoms with E-state index < -0.39 is 5.97 Å². The van der Waals surface area contributed by atoms with Crippen LogP contribution < -0.4 is 4.90 Å². The molecule has 4 heteroatoms. The van der Waals surface area contributed by atoms with Gasteiger partial charge >= 0.3 is 5.97 Å². The van der Waals surface area contributed by atoms with E-state index in [4.69, 9.17) is 5.11 Å². The van der Waals surface area contributed by atoms with Crippen molar-refractivity contribution in [1.29, 1.82) is 0 Å². The minimum absolute atomic E-state index is 0.269. The summed E-state index contributed by atoms with van der Waals surface area (Å²) in [7, 11) is 1.88. The van der Waals surface area contributed by atoms with E-state index in [1.54, 1.807) is 30.3 Å². The highest BCUT2D eigenvalue weighted by Gasteiger charge is 2.06. The second-order valence-electron chi connectivity index (χ2n) is 4.34. The van der Waals surface area contributed by atoms with Crippen LogP contribution in [0, 0.1) is 5.82 Å². The number of benzene rings is 2. The van der Waals surface area contributed by atoms with Crippen molar-refractivity contribution in [2.24, 2.45) is 0 Å². The molecule has 0 atom stereocenters. The maximum absolute atomic E-state index is 12.8. The van der Waals surface area contributed by atoms with Crippen LogP contribution in [-0.2, 0) is 6.54 Å². The first-order valence-corrected chi connectivity index (χ1v) is 5.85. The summed E-state index contributed by atoms with van der Waals surface area (Å²) in [4.78, 5) is 12.8. The highest BCUT2D eigenvalue weighted by Crippen LogP contribution is 2.16. The second kappa shape index (κ2) is 5.52. The molecule has 0 amide bonds. The second-order valence-corrected chi connectivity index (χ2v) is 4.34. The van der Waals surface area contributed by atoms with Gasteiger partial charge in [-0.3, -0.25) is 0 Å². The Morgan fingerprint density at radius 3 is 2.53 bits per heavy atom. The van der Waals surface area contributed by atoms with Crippen molar-refractivity contribution < 1.29 is 14.3 Å². The van der Waals surface area contributed by atoms with Crippen LogP contribution in [0.2, 0.25) is 0 Å². The molecule has 2 rings (SSSR count). The predicted molar refractivity (Wildman–Crippen MR) is 71.9 cm³/mol. The first-order chi connectivity index (χ1) is 9.06. The molecule has 0 unspecified atom stereocenters. The molecule has 0 radical (unpaired) electrons. The van der Waals surface area contributed by atoms with Crippen molar-refractivity contribution in [3.05, 3.63) is 65.5 Å². The van der Waals surface area contributed by atoms with E-state index in [9.17, 15) is 9.18 Å². The van der Waals surface area contributed by atoms with Gasteiger partial charge in [0, 0.05) is 19.3 Å². The van der Waals surface area contributed by atoms with Gasteiger partial charge in [0.15, 0.2) is 0 Å². The van der Waals surface area contributed by atoms with Crippen LogP contribution >= 0.6 is 0 Å². The standard InChI is InChI=1S/C15H14FNO2/c1-17(14-7-5-13(16)6-8-14)10-11-3-2-4-12(9-11)15(18)19/h2-9H,10H2,1H3,(H,18,19). The Morgan fingerprint density at radius 1 is 1.21 bits per heavy atom. The molecule has 3 nitrogen and oxygen atoms in total. The van der Waals surface area contributed by atoms with E-state index in [1.807, 2.05) is 18.0 Å². The molecule has 0 spiro atoms. The lowest BCUT2D eigenvalue weighted by atomic mass is 10.1. The molecule has 0 aromatic heterocycles. The SMILES string of the molecule is CN(Cc1cccc(C(=O)O)c1)c1ccc(F)cc1. The Morgan fingerprint density at radius 2 is 1.89 bits per heavy atom. The molecule has 98 valence electrons. The fourth-order valence-corrected chi connectivity index (χ4v) is 1.86. The van der Waals surface area contributed by atoms with Gasteiger partial charge in [0.2, 0.25) is 0 Å². The number of anilines is 1. The van der Waals surface area contributed by atoms with Crippen molar-refractivity contribution in [2.75, 3.05) is 11.9 Å². The van der Waals surface area contributed by atoms with E-state index in [1.165, 1.54) is 12.1 Å². The Bertz CT molecular complexity index is 581. The molecule has 2 aromatic rings. The summed E-state index contributed by atoms with van der Waals surface area (Å²) in [6.07, 6.45) is 0. The molecule has 0 fully saturated rings. The first kappa shape index (κ1) is 13.1. The lowest BCUT2D eigenvalue weighted by molar-refractivity contribution is 0.0696. The molecule has 19 heavy (non-hydrogen) atoms. The van der Waals surface area contributed by atoms with Crippen LogP contribution in [0.25, 0.3) is 0 Å². The van der Waals surface area contributed by atoms with Crippen molar-refractivity contribution in [2.45, 2.75) is 6.54 Å². The van der Waals surface area contributed by atoms with Gasteiger partial charge in [0.05, 0.1) is 5.56 Å². The third kappa shape index (κ3) is 3.31. The topological polar surface area (TPSA) is 40.5 Å². The van der Waals surface area contributed by atoms with Crippen LogP contribution in [0.1, 0.15) is 15.9 Å². The Kier molecular flexibility index (Phi) is 3.80. The predicted octanol–water partition coefficient (Wildman–Crippen LogP) is 3.16. The van der Waals surface area contributed by atoms with E-state index in [2.05, 4.69) is 0 Å². The summed E-state index contributed by atoms with van der Waals surface area (Å²) in [5.41, 5.74) is 2.04. The average Bonchev–Trinajstić information content (AvgIpc) is 2.39. The molecular formula is C15H14FNO2.